The Morgan fingerprint density at radius 2 is 2.08 bits per heavy atom. The SMILES string of the molecule is N=CN[C@H](O)C1CCC(CN)CC1. The van der Waals surface area contributed by atoms with Crippen LogP contribution in [0.15, 0.2) is 0 Å². The fourth-order valence-corrected chi connectivity index (χ4v) is 1.96. The minimum absolute atomic E-state index is 0.296. The molecule has 1 aliphatic rings. The van der Waals surface area contributed by atoms with Crippen LogP contribution in [0, 0.1) is 17.2 Å². The van der Waals surface area contributed by atoms with Gasteiger partial charge >= 0.3 is 0 Å². The highest BCUT2D eigenvalue weighted by Crippen LogP contribution is 2.29. The van der Waals surface area contributed by atoms with Crippen LogP contribution in [0.25, 0.3) is 0 Å². The van der Waals surface area contributed by atoms with Gasteiger partial charge in [0.1, 0.15) is 6.23 Å². The van der Waals surface area contributed by atoms with Gasteiger partial charge in [-0.05, 0) is 38.1 Å². The van der Waals surface area contributed by atoms with Crippen molar-refractivity contribution in [2.45, 2.75) is 31.9 Å². The lowest BCUT2D eigenvalue weighted by Crippen LogP contribution is -2.37. The highest BCUT2D eigenvalue weighted by atomic mass is 16.3. The Balaban J connectivity index is 2.27. The van der Waals surface area contributed by atoms with Gasteiger partial charge in [0.25, 0.3) is 0 Å². The average Bonchev–Trinajstić information content (AvgIpc) is 2.18. The van der Waals surface area contributed by atoms with Crippen molar-refractivity contribution in [1.29, 1.82) is 5.41 Å². The van der Waals surface area contributed by atoms with Gasteiger partial charge in [-0.1, -0.05) is 0 Å². The summed E-state index contributed by atoms with van der Waals surface area (Å²) in [4.78, 5) is 0. The van der Waals surface area contributed by atoms with Crippen molar-refractivity contribution >= 4 is 6.34 Å². The Kier molecular flexibility index (Phi) is 4.18. The van der Waals surface area contributed by atoms with Gasteiger partial charge in [0, 0.05) is 5.92 Å². The van der Waals surface area contributed by atoms with Crippen molar-refractivity contribution in [1.82, 2.24) is 5.32 Å². The molecule has 0 spiro atoms. The zero-order chi connectivity index (χ0) is 9.68. The van der Waals surface area contributed by atoms with Gasteiger partial charge in [0.2, 0.25) is 0 Å². The van der Waals surface area contributed by atoms with E-state index in [1.165, 1.54) is 0 Å². The standard InChI is InChI=1S/C9H19N3O/c10-5-7-1-3-8(4-2-7)9(13)12-6-11/h6-9,13H,1-5,10H2,(H2,11,12)/t7?,8?,9-/m1/s1. The number of nitrogens with two attached hydrogens (primary N) is 1. The molecule has 1 aliphatic carbocycles. The van der Waals surface area contributed by atoms with Crippen molar-refractivity contribution in [2.24, 2.45) is 17.6 Å². The van der Waals surface area contributed by atoms with E-state index in [2.05, 4.69) is 5.32 Å². The van der Waals surface area contributed by atoms with E-state index in [1.807, 2.05) is 0 Å². The van der Waals surface area contributed by atoms with Gasteiger partial charge in [0.05, 0.1) is 6.34 Å². The van der Waals surface area contributed by atoms with E-state index in [0.717, 1.165) is 38.6 Å². The maximum absolute atomic E-state index is 9.54. The van der Waals surface area contributed by atoms with Crippen LogP contribution < -0.4 is 11.1 Å². The first kappa shape index (κ1) is 10.5. The van der Waals surface area contributed by atoms with Crippen LogP contribution in [0.4, 0.5) is 0 Å². The molecule has 1 atom stereocenters. The predicted molar refractivity (Wildman–Crippen MR) is 52.4 cm³/mol. The van der Waals surface area contributed by atoms with Gasteiger partial charge < -0.3 is 16.2 Å². The largest absolute Gasteiger partial charge is 0.374 e. The Morgan fingerprint density at radius 1 is 1.46 bits per heavy atom. The van der Waals surface area contributed by atoms with Gasteiger partial charge in [-0.3, -0.25) is 5.41 Å². The van der Waals surface area contributed by atoms with Crippen molar-refractivity contribution < 1.29 is 5.11 Å². The normalized spacial score (nSPS) is 30.9. The van der Waals surface area contributed by atoms with Crippen LogP contribution in [0.1, 0.15) is 25.7 Å². The molecule has 0 aromatic heterocycles. The molecule has 0 aliphatic heterocycles. The summed E-state index contributed by atoms with van der Waals surface area (Å²) in [6.07, 6.45) is 4.76. The van der Waals surface area contributed by atoms with E-state index in [0.29, 0.717) is 11.8 Å². The monoisotopic (exact) mass is 185 g/mol. The minimum atomic E-state index is -0.545. The lowest BCUT2D eigenvalue weighted by molar-refractivity contribution is 0.0641. The molecule has 0 radical (unpaired) electrons. The molecule has 0 heterocycles. The molecule has 0 amide bonds. The van der Waals surface area contributed by atoms with E-state index in [-0.39, 0.29) is 0 Å². The molecule has 1 fully saturated rings. The molecular weight excluding hydrogens is 166 g/mol. The molecule has 0 saturated heterocycles. The summed E-state index contributed by atoms with van der Waals surface area (Å²) >= 11 is 0. The maximum atomic E-state index is 9.54. The second-order valence-corrected chi connectivity index (χ2v) is 3.77. The minimum Gasteiger partial charge on any atom is -0.374 e. The van der Waals surface area contributed by atoms with Crippen molar-refractivity contribution in [3.05, 3.63) is 0 Å². The van der Waals surface area contributed by atoms with Crippen LogP contribution >= 0.6 is 0 Å². The maximum Gasteiger partial charge on any atom is 0.127 e. The topological polar surface area (TPSA) is 82.1 Å². The predicted octanol–water partition coefficient (Wildman–Crippen LogP) is 0.267. The number of hydrogen-bond donors (Lipinski definition) is 4. The first-order chi connectivity index (χ1) is 6.27. The van der Waals surface area contributed by atoms with Crippen LogP contribution in [0.5, 0.6) is 0 Å². The van der Waals surface area contributed by atoms with Crippen LogP contribution in [0.3, 0.4) is 0 Å². The second kappa shape index (κ2) is 5.19. The number of hydrogen-bond acceptors (Lipinski definition) is 3. The van der Waals surface area contributed by atoms with Crippen molar-refractivity contribution in [3.8, 4) is 0 Å². The molecule has 1 saturated carbocycles. The van der Waals surface area contributed by atoms with E-state index in [1.54, 1.807) is 0 Å². The molecule has 0 unspecified atom stereocenters. The summed E-state index contributed by atoms with van der Waals surface area (Å²) in [6, 6.07) is 0. The average molecular weight is 185 g/mol. The van der Waals surface area contributed by atoms with Gasteiger partial charge in [-0.25, -0.2) is 0 Å². The smallest absolute Gasteiger partial charge is 0.127 e. The Bertz CT molecular complexity index is 155. The third-order valence-electron chi connectivity index (χ3n) is 2.93. The molecule has 0 aromatic rings. The summed E-state index contributed by atoms with van der Waals surface area (Å²) in [7, 11) is 0. The highest BCUT2D eigenvalue weighted by molar-refractivity contribution is 5.49. The number of aliphatic hydroxyl groups is 1. The summed E-state index contributed by atoms with van der Waals surface area (Å²) in [6.45, 7) is 0.765. The first-order valence-corrected chi connectivity index (χ1v) is 4.91. The zero-order valence-corrected chi connectivity index (χ0v) is 7.87. The molecule has 4 nitrogen and oxygen atoms in total. The summed E-state index contributed by atoms with van der Waals surface area (Å²) in [5, 5.41) is 19.0. The number of rotatable bonds is 4. The summed E-state index contributed by atoms with van der Waals surface area (Å²) in [5.41, 5.74) is 5.57. The molecular formula is C9H19N3O. The zero-order valence-electron chi connectivity index (χ0n) is 7.87. The molecule has 76 valence electrons. The first-order valence-electron chi connectivity index (χ1n) is 4.91. The molecule has 4 heteroatoms. The molecule has 0 aromatic carbocycles. The fraction of sp³-hybridized carbons (Fsp3) is 0.889. The quantitative estimate of drug-likeness (QED) is 0.288. The number of nitrogens with one attached hydrogen (secondary N) is 2. The summed E-state index contributed by atoms with van der Waals surface area (Å²) < 4.78 is 0. The Morgan fingerprint density at radius 3 is 2.54 bits per heavy atom. The highest BCUT2D eigenvalue weighted by Gasteiger charge is 2.24. The Labute approximate surface area is 79.0 Å². The molecule has 5 N–H and O–H groups in total. The van der Waals surface area contributed by atoms with Gasteiger partial charge in [-0.2, -0.15) is 0 Å². The van der Waals surface area contributed by atoms with Crippen molar-refractivity contribution in [2.75, 3.05) is 6.54 Å². The second-order valence-electron chi connectivity index (χ2n) is 3.77. The third-order valence-corrected chi connectivity index (χ3v) is 2.93. The van der Waals surface area contributed by atoms with Crippen LogP contribution in [0.2, 0.25) is 0 Å². The fourth-order valence-electron chi connectivity index (χ4n) is 1.96. The van der Waals surface area contributed by atoms with Gasteiger partial charge in [-0.15, -0.1) is 0 Å². The lowest BCUT2D eigenvalue weighted by atomic mass is 9.81. The summed E-state index contributed by atoms with van der Waals surface area (Å²) in [5.74, 6) is 0.938. The van der Waals surface area contributed by atoms with Gasteiger partial charge in [0.15, 0.2) is 0 Å². The molecule has 1 rings (SSSR count). The number of aliphatic hydroxyl groups excluding tert-OH is 1. The van der Waals surface area contributed by atoms with E-state index in [9.17, 15) is 5.11 Å². The molecule has 0 bridgehead atoms. The lowest BCUT2D eigenvalue weighted by Gasteiger charge is -2.30. The van der Waals surface area contributed by atoms with E-state index in [4.69, 9.17) is 11.1 Å². The van der Waals surface area contributed by atoms with Crippen LogP contribution in [-0.4, -0.2) is 24.2 Å². The Hall–Kier alpha value is -0.610. The van der Waals surface area contributed by atoms with E-state index >= 15 is 0 Å². The molecule has 13 heavy (non-hydrogen) atoms. The van der Waals surface area contributed by atoms with Crippen LogP contribution in [-0.2, 0) is 0 Å². The van der Waals surface area contributed by atoms with E-state index < -0.39 is 6.23 Å². The third kappa shape index (κ3) is 2.97. The van der Waals surface area contributed by atoms with Crippen molar-refractivity contribution in [3.63, 3.8) is 0 Å².